The Morgan fingerprint density at radius 2 is 1.86 bits per heavy atom. The first-order chi connectivity index (χ1) is 17.0. The lowest BCUT2D eigenvalue weighted by atomic mass is 10.1. The topological polar surface area (TPSA) is 97.4 Å². The molecule has 1 atom stereocenters. The molecule has 0 spiro atoms. The maximum atomic E-state index is 14.7. The Labute approximate surface area is 202 Å². The van der Waals surface area contributed by atoms with Crippen LogP contribution in [0.4, 0.5) is 20.6 Å². The predicted octanol–water partition coefficient (Wildman–Crippen LogP) is 2.78. The molecule has 186 valence electrons. The molecule has 2 saturated heterocycles. The predicted molar refractivity (Wildman–Crippen MR) is 127 cm³/mol. The maximum Gasteiger partial charge on any atom is 0.414 e. The van der Waals surface area contributed by atoms with E-state index >= 15 is 0 Å². The number of nitrogens with one attached hydrogen (secondary N) is 1. The molecule has 0 bridgehead atoms. The van der Waals surface area contributed by atoms with Gasteiger partial charge in [0.2, 0.25) is 5.91 Å². The normalized spacial score (nSPS) is 17.8. The van der Waals surface area contributed by atoms with Gasteiger partial charge >= 0.3 is 6.09 Å². The Morgan fingerprint density at radius 1 is 1.11 bits per heavy atom. The number of hydrogen-bond donors (Lipinski definition) is 1. The number of ketones is 1. The second-order valence-electron chi connectivity index (χ2n) is 8.28. The summed E-state index contributed by atoms with van der Waals surface area (Å²) in [5.74, 6) is -0.241. The van der Waals surface area contributed by atoms with Gasteiger partial charge in [-0.1, -0.05) is 6.07 Å². The SMILES string of the molecule is COc1ccc(C(=O)CCC(=O)NC[C@H]2CN(c3cccc(F)c3N3CCOCC3)C(=O)O2)cc1. The standard InChI is InChI=1S/C25H28FN3O6/c1-33-18-7-5-17(6-8-18)22(30)9-10-23(31)27-15-19-16-29(25(32)35-19)21-4-2-3-20(26)24(21)28-11-13-34-14-12-28/h2-8,19H,9-16H2,1H3,(H,27,31)/t19-/m0/s1. The average molecular weight is 486 g/mol. The zero-order valence-electron chi connectivity index (χ0n) is 19.5. The second-order valence-corrected chi connectivity index (χ2v) is 8.28. The van der Waals surface area contributed by atoms with Crippen molar-refractivity contribution in [2.75, 3.05) is 56.3 Å². The number of morpholine rings is 1. The van der Waals surface area contributed by atoms with Crippen LogP contribution in [0.15, 0.2) is 42.5 Å². The zero-order valence-corrected chi connectivity index (χ0v) is 19.5. The lowest BCUT2D eigenvalue weighted by Crippen LogP contribution is -2.39. The van der Waals surface area contributed by atoms with Crippen LogP contribution in [0, 0.1) is 5.82 Å². The molecule has 2 aliphatic rings. The van der Waals surface area contributed by atoms with Crippen LogP contribution < -0.4 is 19.9 Å². The minimum atomic E-state index is -0.598. The molecule has 2 aromatic carbocycles. The van der Waals surface area contributed by atoms with Crippen molar-refractivity contribution >= 4 is 29.2 Å². The smallest absolute Gasteiger partial charge is 0.414 e. The van der Waals surface area contributed by atoms with Gasteiger partial charge in [0.05, 0.1) is 44.8 Å². The summed E-state index contributed by atoms with van der Waals surface area (Å²) in [6.45, 7) is 2.27. The van der Waals surface area contributed by atoms with Gasteiger partial charge in [-0.15, -0.1) is 0 Å². The van der Waals surface area contributed by atoms with Gasteiger partial charge in [-0.2, -0.15) is 0 Å². The monoisotopic (exact) mass is 485 g/mol. The number of nitrogens with zero attached hydrogens (tertiary/aromatic N) is 2. The third kappa shape index (κ3) is 5.89. The summed E-state index contributed by atoms with van der Waals surface area (Å²) in [6.07, 6.45) is -1.12. The molecule has 4 rings (SSSR count). The van der Waals surface area contributed by atoms with Crippen LogP contribution >= 0.6 is 0 Å². The first-order valence-electron chi connectivity index (χ1n) is 11.5. The zero-order chi connectivity index (χ0) is 24.8. The summed E-state index contributed by atoms with van der Waals surface area (Å²) in [5.41, 5.74) is 1.27. The van der Waals surface area contributed by atoms with E-state index in [4.69, 9.17) is 14.2 Å². The van der Waals surface area contributed by atoms with Crippen LogP contribution in [-0.4, -0.2) is 70.4 Å². The fourth-order valence-corrected chi connectivity index (χ4v) is 4.11. The van der Waals surface area contributed by atoms with Crippen LogP contribution in [0.3, 0.4) is 0 Å². The Hall–Kier alpha value is -3.66. The lowest BCUT2D eigenvalue weighted by molar-refractivity contribution is -0.121. The quantitative estimate of drug-likeness (QED) is 0.546. The van der Waals surface area contributed by atoms with Gasteiger partial charge in [0.15, 0.2) is 5.78 Å². The second kappa shape index (κ2) is 11.2. The van der Waals surface area contributed by atoms with Crippen molar-refractivity contribution in [3.63, 3.8) is 0 Å². The molecule has 0 radical (unpaired) electrons. The van der Waals surface area contributed by atoms with Crippen molar-refractivity contribution in [3.05, 3.63) is 53.8 Å². The third-order valence-corrected chi connectivity index (χ3v) is 5.98. The molecule has 9 nitrogen and oxygen atoms in total. The molecule has 0 aromatic heterocycles. The molecule has 35 heavy (non-hydrogen) atoms. The molecular weight excluding hydrogens is 457 g/mol. The van der Waals surface area contributed by atoms with E-state index in [0.717, 1.165) is 0 Å². The Morgan fingerprint density at radius 3 is 2.57 bits per heavy atom. The van der Waals surface area contributed by atoms with E-state index in [1.54, 1.807) is 43.5 Å². The van der Waals surface area contributed by atoms with E-state index in [1.807, 2.05) is 4.90 Å². The van der Waals surface area contributed by atoms with Gasteiger partial charge in [0.1, 0.15) is 17.7 Å². The Kier molecular flexibility index (Phi) is 7.81. The number of carbonyl (C=O) groups is 3. The maximum absolute atomic E-state index is 14.7. The van der Waals surface area contributed by atoms with E-state index in [0.29, 0.717) is 49.0 Å². The minimum Gasteiger partial charge on any atom is -0.497 e. The Bertz CT molecular complexity index is 1070. The summed E-state index contributed by atoms with van der Waals surface area (Å²) in [4.78, 5) is 40.4. The number of cyclic esters (lactones) is 1. The van der Waals surface area contributed by atoms with Gasteiger partial charge in [0, 0.05) is 31.5 Å². The molecule has 2 heterocycles. The molecule has 2 aromatic rings. The van der Waals surface area contributed by atoms with Crippen molar-refractivity contribution < 1.29 is 33.0 Å². The number of rotatable bonds is 9. The fraction of sp³-hybridized carbons (Fsp3) is 0.400. The largest absolute Gasteiger partial charge is 0.497 e. The van der Waals surface area contributed by atoms with Gasteiger partial charge < -0.3 is 24.4 Å². The van der Waals surface area contributed by atoms with E-state index in [1.165, 1.54) is 11.0 Å². The van der Waals surface area contributed by atoms with Crippen LogP contribution in [0.5, 0.6) is 5.75 Å². The highest BCUT2D eigenvalue weighted by molar-refractivity contribution is 5.98. The number of para-hydroxylation sites is 1. The molecular formula is C25H28FN3O6. The van der Waals surface area contributed by atoms with E-state index < -0.39 is 18.0 Å². The summed E-state index contributed by atoms with van der Waals surface area (Å²) in [6, 6.07) is 11.3. The van der Waals surface area contributed by atoms with E-state index in [-0.39, 0.29) is 37.6 Å². The highest BCUT2D eigenvalue weighted by Crippen LogP contribution is 2.35. The number of carbonyl (C=O) groups excluding carboxylic acids is 3. The molecule has 1 N–H and O–H groups in total. The van der Waals surface area contributed by atoms with Crippen LogP contribution in [0.1, 0.15) is 23.2 Å². The van der Waals surface area contributed by atoms with Crippen molar-refractivity contribution in [2.24, 2.45) is 0 Å². The van der Waals surface area contributed by atoms with Crippen molar-refractivity contribution in [3.8, 4) is 5.75 Å². The number of benzene rings is 2. The molecule has 10 heteroatoms. The third-order valence-electron chi connectivity index (χ3n) is 5.98. The fourth-order valence-electron chi connectivity index (χ4n) is 4.11. The first-order valence-corrected chi connectivity index (χ1v) is 11.5. The summed E-state index contributed by atoms with van der Waals surface area (Å²) in [7, 11) is 1.54. The number of Topliss-reactive ketones (excluding diaryl/α,β-unsaturated/α-hetero) is 1. The average Bonchev–Trinajstić information content (AvgIpc) is 3.26. The van der Waals surface area contributed by atoms with E-state index in [9.17, 15) is 18.8 Å². The summed E-state index contributed by atoms with van der Waals surface area (Å²) < 4.78 is 30.6. The van der Waals surface area contributed by atoms with Crippen LogP contribution in [0.2, 0.25) is 0 Å². The number of hydrogen-bond acceptors (Lipinski definition) is 7. The van der Waals surface area contributed by atoms with Gasteiger partial charge in [-0.3, -0.25) is 14.5 Å². The molecule has 0 aliphatic carbocycles. The lowest BCUT2D eigenvalue weighted by Gasteiger charge is -2.32. The molecule has 0 saturated carbocycles. The summed E-state index contributed by atoms with van der Waals surface area (Å²) in [5, 5.41) is 2.72. The van der Waals surface area contributed by atoms with Crippen LogP contribution in [0.25, 0.3) is 0 Å². The highest BCUT2D eigenvalue weighted by atomic mass is 19.1. The van der Waals surface area contributed by atoms with Gasteiger partial charge in [-0.05, 0) is 36.4 Å². The van der Waals surface area contributed by atoms with Gasteiger partial charge in [-0.25, -0.2) is 9.18 Å². The van der Waals surface area contributed by atoms with Gasteiger partial charge in [0.25, 0.3) is 0 Å². The number of anilines is 2. The molecule has 2 aliphatic heterocycles. The Balaban J connectivity index is 1.30. The minimum absolute atomic E-state index is 0.0142. The number of ether oxygens (including phenoxy) is 3. The molecule has 2 fully saturated rings. The molecule has 0 unspecified atom stereocenters. The highest BCUT2D eigenvalue weighted by Gasteiger charge is 2.35. The van der Waals surface area contributed by atoms with Crippen LogP contribution in [-0.2, 0) is 14.3 Å². The number of amides is 2. The van der Waals surface area contributed by atoms with Crippen molar-refractivity contribution in [1.82, 2.24) is 5.32 Å². The number of halogens is 1. The summed E-state index contributed by atoms with van der Waals surface area (Å²) >= 11 is 0. The van der Waals surface area contributed by atoms with Crippen molar-refractivity contribution in [2.45, 2.75) is 18.9 Å². The number of methoxy groups -OCH3 is 1. The van der Waals surface area contributed by atoms with Crippen molar-refractivity contribution in [1.29, 1.82) is 0 Å². The molecule has 2 amide bonds. The van der Waals surface area contributed by atoms with E-state index in [2.05, 4.69) is 5.32 Å². The first kappa shape index (κ1) is 24.5.